The topological polar surface area (TPSA) is 38.8 Å². The van der Waals surface area contributed by atoms with E-state index >= 15 is 0 Å². The minimum Gasteiger partial charge on any atom is -0.351 e. The van der Waals surface area contributed by atoms with Gasteiger partial charge in [-0.2, -0.15) is 0 Å². The molecule has 2 aromatic rings. The van der Waals surface area contributed by atoms with Crippen LogP contribution in [-0.4, -0.2) is 74.0 Å². The van der Waals surface area contributed by atoms with Crippen LogP contribution in [0.25, 0.3) is 0 Å². The van der Waals surface area contributed by atoms with Gasteiger partial charge in [0.15, 0.2) is 0 Å². The van der Waals surface area contributed by atoms with Crippen LogP contribution in [0, 0.1) is 0 Å². The SMILES string of the molecule is CN(C)CCNC(=O)c1ccc(CN2CCN(Cc3ccccc3)CC2)cc1. The molecule has 1 aliphatic rings. The number of benzene rings is 2. The Labute approximate surface area is 168 Å². The van der Waals surface area contributed by atoms with E-state index in [9.17, 15) is 4.79 Å². The monoisotopic (exact) mass is 380 g/mol. The second kappa shape index (κ2) is 10.4. The van der Waals surface area contributed by atoms with E-state index in [4.69, 9.17) is 0 Å². The molecule has 1 saturated heterocycles. The van der Waals surface area contributed by atoms with E-state index in [1.165, 1.54) is 11.1 Å². The van der Waals surface area contributed by atoms with E-state index < -0.39 is 0 Å². The van der Waals surface area contributed by atoms with Crippen molar-refractivity contribution < 1.29 is 4.79 Å². The highest BCUT2D eigenvalue weighted by Crippen LogP contribution is 2.12. The zero-order valence-corrected chi connectivity index (χ0v) is 17.1. The summed E-state index contributed by atoms with van der Waals surface area (Å²) in [5.74, 6) is 0.00271. The van der Waals surface area contributed by atoms with Gasteiger partial charge in [-0.25, -0.2) is 0 Å². The summed E-state index contributed by atoms with van der Waals surface area (Å²) in [4.78, 5) is 19.2. The molecule has 3 rings (SSSR count). The van der Waals surface area contributed by atoms with Crippen LogP contribution in [0.15, 0.2) is 54.6 Å². The molecule has 1 amide bonds. The quantitative estimate of drug-likeness (QED) is 0.763. The van der Waals surface area contributed by atoms with Gasteiger partial charge >= 0.3 is 0 Å². The minimum absolute atomic E-state index is 0.00271. The van der Waals surface area contributed by atoms with Crippen molar-refractivity contribution in [2.75, 3.05) is 53.4 Å². The molecule has 0 atom stereocenters. The number of nitrogens with one attached hydrogen (secondary N) is 1. The molecule has 0 aliphatic carbocycles. The fraction of sp³-hybridized carbons (Fsp3) is 0.435. The number of hydrogen-bond acceptors (Lipinski definition) is 4. The summed E-state index contributed by atoms with van der Waals surface area (Å²) in [5, 5.41) is 2.96. The minimum atomic E-state index is 0.00271. The smallest absolute Gasteiger partial charge is 0.251 e. The molecule has 5 nitrogen and oxygen atoms in total. The lowest BCUT2D eigenvalue weighted by Crippen LogP contribution is -2.45. The maximum absolute atomic E-state index is 12.2. The Morgan fingerprint density at radius 3 is 1.93 bits per heavy atom. The van der Waals surface area contributed by atoms with Crippen LogP contribution in [0.1, 0.15) is 21.5 Å². The first-order valence-corrected chi connectivity index (χ1v) is 10.1. The number of carbonyl (C=O) groups excluding carboxylic acids is 1. The molecule has 2 aromatic carbocycles. The van der Waals surface area contributed by atoms with Crippen molar-refractivity contribution in [1.82, 2.24) is 20.0 Å². The van der Waals surface area contributed by atoms with Crippen LogP contribution in [0.3, 0.4) is 0 Å². The van der Waals surface area contributed by atoms with Gasteiger partial charge in [0.1, 0.15) is 0 Å². The lowest BCUT2D eigenvalue weighted by atomic mass is 10.1. The molecule has 1 N–H and O–H groups in total. The van der Waals surface area contributed by atoms with Gasteiger partial charge in [-0.1, -0.05) is 42.5 Å². The molecule has 150 valence electrons. The maximum atomic E-state index is 12.2. The van der Waals surface area contributed by atoms with Crippen molar-refractivity contribution in [1.29, 1.82) is 0 Å². The highest BCUT2D eigenvalue weighted by Gasteiger charge is 2.17. The van der Waals surface area contributed by atoms with Crippen molar-refractivity contribution in [2.24, 2.45) is 0 Å². The number of likely N-dealkylation sites (N-methyl/N-ethyl adjacent to an activating group) is 1. The molecule has 1 heterocycles. The summed E-state index contributed by atoms with van der Waals surface area (Å²) in [7, 11) is 4.00. The predicted octanol–water partition coefficient (Wildman–Crippen LogP) is 2.30. The third-order valence-corrected chi connectivity index (χ3v) is 5.18. The summed E-state index contributed by atoms with van der Waals surface area (Å²) in [6, 6.07) is 18.7. The maximum Gasteiger partial charge on any atom is 0.251 e. The van der Waals surface area contributed by atoms with Crippen molar-refractivity contribution in [3.63, 3.8) is 0 Å². The fourth-order valence-electron chi connectivity index (χ4n) is 3.46. The molecule has 28 heavy (non-hydrogen) atoms. The zero-order chi connectivity index (χ0) is 19.8. The van der Waals surface area contributed by atoms with Gasteiger partial charge in [0, 0.05) is 57.9 Å². The van der Waals surface area contributed by atoms with Crippen LogP contribution in [0.4, 0.5) is 0 Å². The molecule has 1 fully saturated rings. The summed E-state index contributed by atoms with van der Waals surface area (Å²) in [5.41, 5.74) is 3.38. The number of hydrogen-bond donors (Lipinski definition) is 1. The zero-order valence-electron chi connectivity index (χ0n) is 17.1. The standard InChI is InChI=1S/C23H32N4O/c1-25(2)13-12-24-23(28)22-10-8-21(9-11-22)19-27-16-14-26(15-17-27)18-20-6-4-3-5-7-20/h3-11H,12-19H2,1-2H3,(H,24,28). The molecule has 5 heteroatoms. The third-order valence-electron chi connectivity index (χ3n) is 5.18. The third kappa shape index (κ3) is 6.44. The Hall–Kier alpha value is -2.21. The first-order chi connectivity index (χ1) is 13.6. The number of rotatable bonds is 8. The first kappa shape index (κ1) is 20.5. The van der Waals surface area contributed by atoms with E-state index in [1.807, 2.05) is 26.2 Å². The van der Waals surface area contributed by atoms with Crippen molar-refractivity contribution in [2.45, 2.75) is 13.1 Å². The fourth-order valence-corrected chi connectivity index (χ4v) is 3.46. The molecule has 1 aliphatic heterocycles. The highest BCUT2D eigenvalue weighted by atomic mass is 16.1. The largest absolute Gasteiger partial charge is 0.351 e. The normalized spacial score (nSPS) is 15.7. The van der Waals surface area contributed by atoms with Crippen LogP contribution in [0.5, 0.6) is 0 Å². The number of nitrogens with zero attached hydrogens (tertiary/aromatic N) is 3. The summed E-state index contributed by atoms with van der Waals surface area (Å²) in [6.45, 7) is 7.86. The Balaban J connectivity index is 1.42. The average molecular weight is 381 g/mol. The molecule has 0 unspecified atom stereocenters. The Bertz CT molecular complexity index is 722. The van der Waals surface area contributed by atoms with E-state index in [0.717, 1.165) is 51.4 Å². The van der Waals surface area contributed by atoms with E-state index in [1.54, 1.807) is 0 Å². The van der Waals surface area contributed by atoms with Gasteiger partial charge in [-0.05, 0) is 37.4 Å². The molecule has 0 spiro atoms. The highest BCUT2D eigenvalue weighted by molar-refractivity contribution is 5.94. The molecular formula is C23H32N4O. The lowest BCUT2D eigenvalue weighted by Gasteiger charge is -2.34. The lowest BCUT2D eigenvalue weighted by molar-refractivity contribution is 0.0951. The van der Waals surface area contributed by atoms with Gasteiger partial charge in [0.25, 0.3) is 5.91 Å². The Morgan fingerprint density at radius 2 is 1.39 bits per heavy atom. The van der Waals surface area contributed by atoms with Crippen molar-refractivity contribution in [3.05, 3.63) is 71.3 Å². The second-order valence-corrected chi connectivity index (χ2v) is 7.79. The average Bonchev–Trinajstić information content (AvgIpc) is 2.70. The molecular weight excluding hydrogens is 348 g/mol. The van der Waals surface area contributed by atoms with Gasteiger partial charge in [-0.15, -0.1) is 0 Å². The van der Waals surface area contributed by atoms with Crippen LogP contribution < -0.4 is 5.32 Å². The van der Waals surface area contributed by atoms with E-state index in [0.29, 0.717) is 6.54 Å². The first-order valence-electron chi connectivity index (χ1n) is 10.1. The van der Waals surface area contributed by atoms with E-state index in [2.05, 4.69) is 62.5 Å². The van der Waals surface area contributed by atoms with E-state index in [-0.39, 0.29) is 5.91 Å². The van der Waals surface area contributed by atoms with Crippen LogP contribution in [0.2, 0.25) is 0 Å². The van der Waals surface area contributed by atoms with Crippen molar-refractivity contribution in [3.8, 4) is 0 Å². The summed E-state index contributed by atoms with van der Waals surface area (Å²) >= 11 is 0. The van der Waals surface area contributed by atoms with Gasteiger partial charge < -0.3 is 10.2 Å². The molecule has 0 aromatic heterocycles. The molecule has 0 radical (unpaired) electrons. The number of carbonyl (C=O) groups is 1. The number of piperazine rings is 1. The second-order valence-electron chi connectivity index (χ2n) is 7.79. The summed E-state index contributed by atoms with van der Waals surface area (Å²) in [6.07, 6.45) is 0. The predicted molar refractivity (Wildman–Crippen MR) is 114 cm³/mol. The van der Waals surface area contributed by atoms with Crippen LogP contribution >= 0.6 is 0 Å². The van der Waals surface area contributed by atoms with Gasteiger partial charge in [0.2, 0.25) is 0 Å². The Kier molecular flexibility index (Phi) is 7.60. The van der Waals surface area contributed by atoms with Crippen molar-refractivity contribution >= 4 is 5.91 Å². The van der Waals surface area contributed by atoms with Gasteiger partial charge in [-0.3, -0.25) is 14.6 Å². The summed E-state index contributed by atoms with van der Waals surface area (Å²) < 4.78 is 0. The Morgan fingerprint density at radius 1 is 0.857 bits per heavy atom. The molecule has 0 saturated carbocycles. The molecule has 0 bridgehead atoms. The van der Waals surface area contributed by atoms with Gasteiger partial charge in [0.05, 0.1) is 0 Å². The van der Waals surface area contributed by atoms with Crippen LogP contribution in [-0.2, 0) is 13.1 Å². The number of amides is 1.